The lowest BCUT2D eigenvalue weighted by Gasteiger charge is -2.26. The first-order valence-electron chi connectivity index (χ1n) is 6.85. The lowest BCUT2D eigenvalue weighted by atomic mass is 10.2. The molecule has 5 nitrogen and oxygen atoms in total. The maximum atomic E-state index is 12.6. The Labute approximate surface area is 126 Å². The number of benzene rings is 1. The van der Waals surface area contributed by atoms with Gasteiger partial charge in [0.2, 0.25) is 10.0 Å². The largest absolute Gasteiger partial charge is 0.478 e. The Kier molecular flexibility index (Phi) is 6.11. The standard InChI is InChI=1S/C15H21NO4S/c1-4-12(3)16(5-2)21(19,20)14-9-6-13(7-10-14)8-11-15(17)18/h6-12H,4-5H2,1-3H3,(H,17,18)/b11-8+. The molecule has 1 rings (SSSR count). The van der Waals surface area contributed by atoms with Crippen LogP contribution in [0.25, 0.3) is 6.08 Å². The summed E-state index contributed by atoms with van der Waals surface area (Å²) in [4.78, 5) is 10.7. The van der Waals surface area contributed by atoms with E-state index in [0.717, 1.165) is 12.5 Å². The van der Waals surface area contributed by atoms with Crippen molar-refractivity contribution in [2.24, 2.45) is 0 Å². The van der Waals surface area contributed by atoms with E-state index in [1.165, 1.54) is 22.5 Å². The molecule has 1 N–H and O–H groups in total. The van der Waals surface area contributed by atoms with Crippen molar-refractivity contribution in [1.82, 2.24) is 4.31 Å². The molecule has 1 aromatic rings. The topological polar surface area (TPSA) is 74.7 Å². The molecule has 1 atom stereocenters. The number of sulfonamides is 1. The van der Waals surface area contributed by atoms with Crippen molar-refractivity contribution in [3.63, 3.8) is 0 Å². The molecule has 0 aliphatic heterocycles. The van der Waals surface area contributed by atoms with Gasteiger partial charge in [0, 0.05) is 18.7 Å². The molecule has 0 spiro atoms. The van der Waals surface area contributed by atoms with E-state index < -0.39 is 16.0 Å². The molecule has 0 aromatic heterocycles. The van der Waals surface area contributed by atoms with Gasteiger partial charge in [0.05, 0.1) is 4.90 Å². The summed E-state index contributed by atoms with van der Waals surface area (Å²) in [7, 11) is -3.52. The molecule has 116 valence electrons. The van der Waals surface area contributed by atoms with E-state index in [1.807, 2.05) is 20.8 Å². The van der Waals surface area contributed by atoms with Crippen LogP contribution in [-0.4, -0.2) is 36.4 Å². The van der Waals surface area contributed by atoms with Gasteiger partial charge in [-0.1, -0.05) is 26.0 Å². The molecule has 0 radical (unpaired) electrons. The highest BCUT2D eigenvalue weighted by Gasteiger charge is 2.26. The van der Waals surface area contributed by atoms with E-state index in [-0.39, 0.29) is 10.9 Å². The van der Waals surface area contributed by atoms with Crippen molar-refractivity contribution in [2.45, 2.75) is 38.1 Å². The van der Waals surface area contributed by atoms with E-state index in [4.69, 9.17) is 5.11 Å². The zero-order chi connectivity index (χ0) is 16.0. The smallest absolute Gasteiger partial charge is 0.328 e. The Morgan fingerprint density at radius 1 is 1.29 bits per heavy atom. The Hall–Kier alpha value is -1.66. The van der Waals surface area contributed by atoms with Crippen molar-refractivity contribution in [3.05, 3.63) is 35.9 Å². The maximum absolute atomic E-state index is 12.6. The Morgan fingerprint density at radius 2 is 1.86 bits per heavy atom. The normalized spacial score (nSPS) is 13.7. The third kappa shape index (κ3) is 4.41. The van der Waals surface area contributed by atoms with Crippen LogP contribution in [0.5, 0.6) is 0 Å². The molecular weight excluding hydrogens is 290 g/mol. The average molecular weight is 311 g/mol. The molecule has 0 amide bonds. The predicted molar refractivity (Wildman–Crippen MR) is 82.4 cm³/mol. The van der Waals surface area contributed by atoms with Crippen LogP contribution in [0.4, 0.5) is 0 Å². The highest BCUT2D eigenvalue weighted by atomic mass is 32.2. The number of rotatable bonds is 7. The highest BCUT2D eigenvalue weighted by molar-refractivity contribution is 7.89. The number of hydrogen-bond acceptors (Lipinski definition) is 3. The van der Waals surface area contributed by atoms with Crippen LogP contribution < -0.4 is 0 Å². The fourth-order valence-corrected chi connectivity index (χ4v) is 3.69. The number of aliphatic carboxylic acids is 1. The lowest BCUT2D eigenvalue weighted by molar-refractivity contribution is -0.131. The van der Waals surface area contributed by atoms with Gasteiger partial charge in [0.25, 0.3) is 0 Å². The second-order valence-electron chi connectivity index (χ2n) is 4.71. The summed E-state index contributed by atoms with van der Waals surface area (Å²) in [6.07, 6.45) is 3.18. The maximum Gasteiger partial charge on any atom is 0.328 e. The number of carboxylic acids is 1. The molecule has 0 saturated carbocycles. The molecule has 0 fully saturated rings. The fourth-order valence-electron chi connectivity index (χ4n) is 1.98. The first-order chi connectivity index (χ1) is 9.82. The zero-order valence-electron chi connectivity index (χ0n) is 12.5. The second-order valence-corrected chi connectivity index (χ2v) is 6.60. The Morgan fingerprint density at radius 3 is 2.29 bits per heavy atom. The van der Waals surface area contributed by atoms with Gasteiger partial charge in [-0.05, 0) is 37.1 Å². The summed E-state index contributed by atoms with van der Waals surface area (Å²) in [5.74, 6) is -1.04. The SMILES string of the molecule is CCC(C)N(CC)S(=O)(=O)c1ccc(/C=C/C(=O)O)cc1. The molecule has 0 saturated heterocycles. The van der Waals surface area contributed by atoms with E-state index in [1.54, 1.807) is 12.1 Å². The first kappa shape index (κ1) is 17.4. The van der Waals surface area contributed by atoms with Crippen LogP contribution >= 0.6 is 0 Å². The summed E-state index contributed by atoms with van der Waals surface area (Å²) >= 11 is 0. The minimum atomic E-state index is -3.52. The van der Waals surface area contributed by atoms with Crippen LogP contribution in [0.2, 0.25) is 0 Å². The Balaban J connectivity index is 3.07. The number of hydrogen-bond donors (Lipinski definition) is 1. The van der Waals surface area contributed by atoms with E-state index in [2.05, 4.69) is 0 Å². The molecule has 21 heavy (non-hydrogen) atoms. The molecule has 1 aromatic carbocycles. The van der Waals surface area contributed by atoms with Gasteiger partial charge < -0.3 is 5.11 Å². The molecule has 0 aliphatic rings. The van der Waals surface area contributed by atoms with E-state index in [0.29, 0.717) is 12.1 Å². The van der Waals surface area contributed by atoms with Crippen LogP contribution in [-0.2, 0) is 14.8 Å². The number of carbonyl (C=O) groups is 1. The van der Waals surface area contributed by atoms with Crippen molar-refractivity contribution >= 4 is 22.1 Å². The monoisotopic (exact) mass is 311 g/mol. The molecule has 0 bridgehead atoms. The third-order valence-corrected chi connectivity index (χ3v) is 5.40. The third-order valence-electron chi connectivity index (χ3n) is 3.30. The van der Waals surface area contributed by atoms with Gasteiger partial charge in [0.15, 0.2) is 0 Å². The van der Waals surface area contributed by atoms with Crippen molar-refractivity contribution < 1.29 is 18.3 Å². The van der Waals surface area contributed by atoms with Crippen molar-refractivity contribution in [3.8, 4) is 0 Å². The van der Waals surface area contributed by atoms with Crippen LogP contribution in [0, 0.1) is 0 Å². The lowest BCUT2D eigenvalue weighted by Crippen LogP contribution is -2.38. The average Bonchev–Trinajstić information content (AvgIpc) is 2.45. The quantitative estimate of drug-likeness (QED) is 0.785. The minimum absolute atomic E-state index is 0.0633. The Bertz CT molecular complexity index is 605. The van der Waals surface area contributed by atoms with Gasteiger partial charge in [-0.15, -0.1) is 0 Å². The molecule has 0 heterocycles. The summed E-state index contributed by atoms with van der Waals surface area (Å²) in [5, 5.41) is 8.56. The predicted octanol–water partition coefficient (Wildman–Crippen LogP) is 2.59. The summed E-state index contributed by atoms with van der Waals surface area (Å²) in [6.45, 7) is 6.05. The summed E-state index contributed by atoms with van der Waals surface area (Å²) in [5.41, 5.74) is 0.642. The van der Waals surface area contributed by atoms with Crippen LogP contribution in [0.1, 0.15) is 32.8 Å². The number of nitrogens with zero attached hydrogens (tertiary/aromatic N) is 1. The minimum Gasteiger partial charge on any atom is -0.478 e. The van der Waals surface area contributed by atoms with Crippen molar-refractivity contribution in [2.75, 3.05) is 6.54 Å². The summed E-state index contributed by atoms with van der Waals surface area (Å²) in [6, 6.07) is 6.13. The number of carboxylic acid groups (broad SMARTS) is 1. The molecule has 0 aliphatic carbocycles. The van der Waals surface area contributed by atoms with E-state index >= 15 is 0 Å². The van der Waals surface area contributed by atoms with Crippen LogP contribution in [0.3, 0.4) is 0 Å². The van der Waals surface area contributed by atoms with Gasteiger partial charge >= 0.3 is 5.97 Å². The van der Waals surface area contributed by atoms with Gasteiger partial charge in [0.1, 0.15) is 0 Å². The zero-order valence-corrected chi connectivity index (χ0v) is 13.3. The molecule has 6 heteroatoms. The highest BCUT2D eigenvalue weighted by Crippen LogP contribution is 2.20. The second kappa shape index (κ2) is 7.38. The fraction of sp³-hybridized carbons (Fsp3) is 0.400. The molecular formula is C15H21NO4S. The van der Waals surface area contributed by atoms with Crippen molar-refractivity contribution in [1.29, 1.82) is 0 Å². The van der Waals surface area contributed by atoms with Gasteiger partial charge in [-0.3, -0.25) is 0 Å². The summed E-state index contributed by atoms with van der Waals surface area (Å²) < 4.78 is 26.6. The molecule has 1 unspecified atom stereocenters. The van der Waals surface area contributed by atoms with E-state index in [9.17, 15) is 13.2 Å². The van der Waals surface area contributed by atoms with Crippen LogP contribution in [0.15, 0.2) is 35.2 Å². The van der Waals surface area contributed by atoms with Gasteiger partial charge in [-0.25, -0.2) is 13.2 Å². The van der Waals surface area contributed by atoms with Gasteiger partial charge in [-0.2, -0.15) is 4.31 Å². The first-order valence-corrected chi connectivity index (χ1v) is 8.29.